The zero-order valence-corrected chi connectivity index (χ0v) is 9.24. The fourth-order valence-electron chi connectivity index (χ4n) is 0.844. The van der Waals surface area contributed by atoms with Crippen LogP contribution < -0.4 is 11.1 Å². The number of carbonyl (C=O) groups is 2. The Hall–Kier alpha value is -1.19. The topological polar surface area (TPSA) is 147 Å². The molecular formula is C7H14N2O6S. The predicted octanol–water partition coefficient (Wildman–Crippen LogP) is -1.82. The Kier molecular flexibility index (Phi) is 5.93. The van der Waals surface area contributed by atoms with E-state index in [-0.39, 0.29) is 19.4 Å². The van der Waals surface area contributed by atoms with Gasteiger partial charge in [0.25, 0.3) is 10.1 Å². The van der Waals surface area contributed by atoms with Crippen molar-refractivity contribution >= 4 is 22.0 Å². The third kappa shape index (κ3) is 8.15. The van der Waals surface area contributed by atoms with Crippen molar-refractivity contribution in [1.82, 2.24) is 5.32 Å². The highest BCUT2D eigenvalue weighted by Gasteiger charge is 2.15. The maximum Gasteiger partial charge on any atom is 0.303 e. The molecule has 0 heterocycles. The highest BCUT2D eigenvalue weighted by Crippen LogP contribution is 1.94. The summed E-state index contributed by atoms with van der Waals surface area (Å²) in [4.78, 5) is 21.3. The van der Waals surface area contributed by atoms with Crippen LogP contribution in [0.2, 0.25) is 0 Å². The van der Waals surface area contributed by atoms with Crippen molar-refractivity contribution in [2.24, 2.45) is 5.73 Å². The van der Waals surface area contributed by atoms with Crippen molar-refractivity contribution in [3.05, 3.63) is 0 Å². The zero-order valence-electron chi connectivity index (χ0n) is 8.42. The van der Waals surface area contributed by atoms with E-state index >= 15 is 0 Å². The SMILES string of the molecule is N[C@@H](CCC(=O)O)C(=O)NCCS(=O)(=O)O. The lowest BCUT2D eigenvalue weighted by Crippen LogP contribution is -2.42. The molecule has 8 nitrogen and oxygen atoms in total. The summed E-state index contributed by atoms with van der Waals surface area (Å²) in [6.07, 6.45) is -0.278. The van der Waals surface area contributed by atoms with E-state index in [9.17, 15) is 18.0 Å². The first-order valence-electron chi connectivity index (χ1n) is 4.42. The third-order valence-corrected chi connectivity index (χ3v) is 2.39. The fraction of sp³-hybridized carbons (Fsp3) is 0.714. The van der Waals surface area contributed by atoms with Crippen molar-refractivity contribution in [2.45, 2.75) is 18.9 Å². The quantitative estimate of drug-likeness (QED) is 0.391. The average Bonchev–Trinajstić information content (AvgIpc) is 2.11. The van der Waals surface area contributed by atoms with Gasteiger partial charge in [0, 0.05) is 13.0 Å². The molecule has 0 aliphatic heterocycles. The first-order chi connectivity index (χ1) is 7.22. The van der Waals surface area contributed by atoms with Gasteiger partial charge in [0.1, 0.15) is 0 Å². The molecule has 0 aliphatic carbocycles. The van der Waals surface area contributed by atoms with E-state index in [2.05, 4.69) is 5.32 Å². The molecule has 0 aromatic heterocycles. The van der Waals surface area contributed by atoms with Crippen molar-refractivity contribution < 1.29 is 27.7 Å². The minimum absolute atomic E-state index is 0.0347. The molecule has 0 fully saturated rings. The number of amides is 1. The van der Waals surface area contributed by atoms with Crippen LogP contribution in [0.25, 0.3) is 0 Å². The van der Waals surface area contributed by atoms with Crippen LogP contribution >= 0.6 is 0 Å². The van der Waals surface area contributed by atoms with E-state index < -0.39 is 33.8 Å². The van der Waals surface area contributed by atoms with E-state index in [1.807, 2.05) is 0 Å². The molecule has 0 saturated carbocycles. The monoisotopic (exact) mass is 254 g/mol. The molecule has 16 heavy (non-hydrogen) atoms. The molecule has 0 unspecified atom stereocenters. The Morgan fingerprint density at radius 1 is 1.38 bits per heavy atom. The second-order valence-corrected chi connectivity index (χ2v) is 4.69. The van der Waals surface area contributed by atoms with Gasteiger partial charge in [0.15, 0.2) is 0 Å². The lowest BCUT2D eigenvalue weighted by molar-refractivity contribution is -0.137. The summed E-state index contributed by atoms with van der Waals surface area (Å²) in [6.45, 7) is -0.265. The summed E-state index contributed by atoms with van der Waals surface area (Å²) >= 11 is 0. The van der Waals surface area contributed by atoms with Gasteiger partial charge in [0.05, 0.1) is 11.8 Å². The van der Waals surface area contributed by atoms with Crippen molar-refractivity contribution in [2.75, 3.05) is 12.3 Å². The highest BCUT2D eigenvalue weighted by molar-refractivity contribution is 7.85. The molecule has 1 amide bonds. The lowest BCUT2D eigenvalue weighted by atomic mass is 10.1. The summed E-state index contributed by atoms with van der Waals surface area (Å²) in [6, 6.07) is -1.00. The molecule has 0 rings (SSSR count). The molecule has 0 aromatic rings. The maximum atomic E-state index is 11.1. The number of hydrogen-bond donors (Lipinski definition) is 4. The van der Waals surface area contributed by atoms with Gasteiger partial charge < -0.3 is 16.2 Å². The van der Waals surface area contributed by atoms with Crippen LogP contribution in [0, 0.1) is 0 Å². The summed E-state index contributed by atoms with van der Waals surface area (Å²) in [7, 11) is -4.12. The fourth-order valence-corrected chi connectivity index (χ4v) is 1.20. The Bertz CT molecular complexity index is 352. The van der Waals surface area contributed by atoms with Crippen molar-refractivity contribution in [1.29, 1.82) is 0 Å². The summed E-state index contributed by atoms with van der Waals surface area (Å²) < 4.78 is 28.9. The van der Waals surface area contributed by atoms with Crippen LogP contribution in [-0.2, 0) is 19.7 Å². The number of carbonyl (C=O) groups excluding carboxylic acids is 1. The van der Waals surface area contributed by atoms with Gasteiger partial charge in [-0.15, -0.1) is 0 Å². The van der Waals surface area contributed by atoms with Gasteiger partial charge in [-0.05, 0) is 6.42 Å². The second-order valence-electron chi connectivity index (χ2n) is 3.12. The van der Waals surface area contributed by atoms with E-state index in [0.29, 0.717) is 0 Å². The molecule has 0 aliphatic rings. The molecule has 94 valence electrons. The minimum atomic E-state index is -4.12. The zero-order chi connectivity index (χ0) is 12.8. The number of rotatable bonds is 7. The van der Waals surface area contributed by atoms with Crippen LogP contribution in [0.15, 0.2) is 0 Å². The van der Waals surface area contributed by atoms with Crippen molar-refractivity contribution in [3.8, 4) is 0 Å². The van der Waals surface area contributed by atoms with Crippen molar-refractivity contribution in [3.63, 3.8) is 0 Å². The Balaban J connectivity index is 3.84. The number of nitrogens with one attached hydrogen (secondary N) is 1. The Morgan fingerprint density at radius 2 is 1.94 bits per heavy atom. The minimum Gasteiger partial charge on any atom is -0.481 e. The Morgan fingerprint density at radius 3 is 2.38 bits per heavy atom. The van der Waals surface area contributed by atoms with E-state index in [0.717, 1.165) is 0 Å². The number of nitrogens with two attached hydrogens (primary N) is 1. The van der Waals surface area contributed by atoms with E-state index in [1.165, 1.54) is 0 Å². The third-order valence-electron chi connectivity index (χ3n) is 1.67. The molecule has 0 spiro atoms. The standard InChI is InChI=1S/C7H14N2O6S/c8-5(1-2-6(10)11)7(12)9-3-4-16(13,14)15/h5H,1-4,8H2,(H,9,12)(H,10,11)(H,13,14,15)/t5-/m0/s1. The first kappa shape index (κ1) is 14.8. The van der Waals surface area contributed by atoms with E-state index in [1.54, 1.807) is 0 Å². The molecule has 0 saturated heterocycles. The van der Waals surface area contributed by atoms with Gasteiger partial charge in [-0.1, -0.05) is 0 Å². The van der Waals surface area contributed by atoms with Gasteiger partial charge >= 0.3 is 5.97 Å². The lowest BCUT2D eigenvalue weighted by Gasteiger charge is -2.10. The Labute approximate surface area is 92.6 Å². The highest BCUT2D eigenvalue weighted by atomic mass is 32.2. The van der Waals surface area contributed by atoms with Gasteiger partial charge in [0.2, 0.25) is 5.91 Å². The summed E-state index contributed by atoms with van der Waals surface area (Å²) in [5.74, 6) is -2.32. The van der Waals surface area contributed by atoms with Gasteiger partial charge in [-0.2, -0.15) is 8.42 Å². The molecule has 0 bridgehead atoms. The van der Waals surface area contributed by atoms with Gasteiger partial charge in [-0.25, -0.2) is 0 Å². The molecule has 1 atom stereocenters. The van der Waals surface area contributed by atoms with Crippen LogP contribution in [0.1, 0.15) is 12.8 Å². The van der Waals surface area contributed by atoms with Gasteiger partial charge in [-0.3, -0.25) is 14.1 Å². The molecule has 0 radical (unpaired) electrons. The predicted molar refractivity (Wildman–Crippen MR) is 54.3 cm³/mol. The first-order valence-corrected chi connectivity index (χ1v) is 6.03. The molecular weight excluding hydrogens is 240 g/mol. The summed E-state index contributed by atoms with van der Waals surface area (Å²) in [5, 5.41) is 10.5. The molecule has 9 heteroatoms. The normalized spacial score (nSPS) is 13.1. The van der Waals surface area contributed by atoms with Crippen LogP contribution in [0.4, 0.5) is 0 Å². The molecule has 0 aromatic carbocycles. The smallest absolute Gasteiger partial charge is 0.303 e. The maximum absolute atomic E-state index is 11.1. The van der Waals surface area contributed by atoms with Crippen LogP contribution in [0.3, 0.4) is 0 Å². The average molecular weight is 254 g/mol. The summed E-state index contributed by atoms with van der Waals surface area (Å²) in [5.41, 5.74) is 5.33. The van der Waals surface area contributed by atoms with Crippen LogP contribution in [0.5, 0.6) is 0 Å². The van der Waals surface area contributed by atoms with E-state index in [4.69, 9.17) is 15.4 Å². The number of carboxylic acids is 1. The second kappa shape index (κ2) is 6.40. The number of carboxylic acid groups (broad SMARTS) is 1. The molecule has 5 N–H and O–H groups in total. The number of hydrogen-bond acceptors (Lipinski definition) is 5. The number of aliphatic carboxylic acids is 1. The van der Waals surface area contributed by atoms with Crippen LogP contribution in [-0.4, -0.2) is 48.3 Å². The largest absolute Gasteiger partial charge is 0.481 e.